The Bertz CT molecular complexity index is 491. The molecule has 118 valence electrons. The van der Waals surface area contributed by atoms with Gasteiger partial charge in [0.15, 0.2) is 5.16 Å². The molecule has 2 atom stereocenters. The van der Waals surface area contributed by atoms with Crippen LogP contribution >= 0.6 is 11.8 Å². The number of hydrogen-bond donors (Lipinski definition) is 1. The van der Waals surface area contributed by atoms with E-state index in [2.05, 4.69) is 29.4 Å². The van der Waals surface area contributed by atoms with E-state index in [0.717, 1.165) is 30.8 Å². The number of aryl methyl sites for hydroxylation is 1. The van der Waals surface area contributed by atoms with Gasteiger partial charge < -0.3 is 9.30 Å². The Hall–Kier alpha value is -1.08. The van der Waals surface area contributed by atoms with Crippen molar-refractivity contribution in [2.75, 3.05) is 7.11 Å². The summed E-state index contributed by atoms with van der Waals surface area (Å²) in [6.45, 7) is 4.12. The van der Waals surface area contributed by atoms with Crippen molar-refractivity contribution < 1.29 is 9.53 Å². The molecule has 21 heavy (non-hydrogen) atoms. The van der Waals surface area contributed by atoms with Crippen LogP contribution in [0.25, 0.3) is 0 Å². The van der Waals surface area contributed by atoms with E-state index < -0.39 is 5.54 Å². The van der Waals surface area contributed by atoms with Gasteiger partial charge in [-0.3, -0.25) is 10.1 Å². The monoisotopic (exact) mass is 312 g/mol. The number of methoxy groups -OCH3 is 1. The average molecular weight is 312 g/mol. The summed E-state index contributed by atoms with van der Waals surface area (Å²) in [7, 11) is 3.40. The van der Waals surface area contributed by atoms with Gasteiger partial charge in [-0.25, -0.2) is 0 Å². The minimum absolute atomic E-state index is 0.153. The zero-order valence-corrected chi connectivity index (χ0v) is 13.9. The SMILES string of the molecule is COC(=O)C1(NC(C)C)CCCC(Sc2nncn2C)C1. The van der Waals surface area contributed by atoms with Crippen LogP contribution in [0.3, 0.4) is 0 Å². The second kappa shape index (κ2) is 6.79. The maximum atomic E-state index is 12.3. The van der Waals surface area contributed by atoms with Crippen LogP contribution in [-0.2, 0) is 16.6 Å². The standard InChI is InChI=1S/C14H24N4O2S/c1-10(2)16-14(12(19)20-4)7-5-6-11(8-14)21-13-17-15-9-18(13)3/h9-11,16H,5-8H2,1-4H3. The molecule has 1 saturated carbocycles. The highest BCUT2D eigenvalue weighted by molar-refractivity contribution is 7.99. The Morgan fingerprint density at radius 3 is 2.95 bits per heavy atom. The highest BCUT2D eigenvalue weighted by Gasteiger charge is 2.44. The van der Waals surface area contributed by atoms with Crippen LogP contribution in [0.2, 0.25) is 0 Å². The molecule has 2 unspecified atom stereocenters. The third kappa shape index (κ3) is 3.77. The van der Waals surface area contributed by atoms with Crippen LogP contribution in [0.1, 0.15) is 39.5 Å². The zero-order chi connectivity index (χ0) is 15.5. The molecular weight excluding hydrogens is 288 g/mol. The van der Waals surface area contributed by atoms with Crippen LogP contribution in [0.15, 0.2) is 11.5 Å². The largest absolute Gasteiger partial charge is 0.468 e. The van der Waals surface area contributed by atoms with Crippen LogP contribution in [0.5, 0.6) is 0 Å². The minimum Gasteiger partial charge on any atom is -0.468 e. The molecule has 0 radical (unpaired) electrons. The fourth-order valence-corrected chi connectivity index (χ4v) is 4.23. The number of hydrogen-bond acceptors (Lipinski definition) is 6. The predicted octanol–water partition coefficient (Wildman–Crippen LogP) is 1.76. The van der Waals surface area contributed by atoms with E-state index in [9.17, 15) is 4.79 Å². The molecule has 0 saturated heterocycles. The Morgan fingerprint density at radius 1 is 1.62 bits per heavy atom. The number of aromatic nitrogens is 3. The summed E-state index contributed by atoms with van der Waals surface area (Å²) in [5.74, 6) is -0.153. The number of nitrogens with one attached hydrogen (secondary N) is 1. The summed E-state index contributed by atoms with van der Waals surface area (Å²) in [4.78, 5) is 12.3. The summed E-state index contributed by atoms with van der Waals surface area (Å²) in [5, 5.41) is 12.7. The fourth-order valence-electron chi connectivity index (χ4n) is 2.98. The second-order valence-electron chi connectivity index (χ2n) is 5.93. The highest BCUT2D eigenvalue weighted by atomic mass is 32.2. The molecule has 6 nitrogen and oxygen atoms in total. The van der Waals surface area contributed by atoms with Gasteiger partial charge in [0.1, 0.15) is 11.9 Å². The minimum atomic E-state index is -0.572. The van der Waals surface area contributed by atoms with E-state index in [4.69, 9.17) is 4.74 Å². The molecule has 1 fully saturated rings. The van der Waals surface area contributed by atoms with Gasteiger partial charge in [-0.1, -0.05) is 11.8 Å². The molecule has 7 heteroatoms. The third-order valence-corrected chi connectivity index (χ3v) is 5.10. The van der Waals surface area contributed by atoms with Crippen LogP contribution in [0, 0.1) is 0 Å². The van der Waals surface area contributed by atoms with Gasteiger partial charge in [-0.15, -0.1) is 10.2 Å². The molecule has 2 rings (SSSR count). The molecular formula is C14H24N4O2S. The van der Waals surface area contributed by atoms with Crippen molar-refractivity contribution in [3.8, 4) is 0 Å². The van der Waals surface area contributed by atoms with Crippen LogP contribution in [0.4, 0.5) is 0 Å². The first-order valence-corrected chi connectivity index (χ1v) is 8.21. The molecule has 1 N–H and O–H groups in total. The van der Waals surface area contributed by atoms with E-state index in [0.29, 0.717) is 5.25 Å². The quantitative estimate of drug-likeness (QED) is 0.836. The maximum Gasteiger partial charge on any atom is 0.326 e. The lowest BCUT2D eigenvalue weighted by Gasteiger charge is -2.40. The Labute approximate surface area is 130 Å². The van der Waals surface area contributed by atoms with Gasteiger partial charge in [0.05, 0.1) is 7.11 Å². The van der Waals surface area contributed by atoms with Gasteiger partial charge in [-0.05, 0) is 39.5 Å². The summed E-state index contributed by atoms with van der Waals surface area (Å²) in [5.41, 5.74) is -0.572. The summed E-state index contributed by atoms with van der Waals surface area (Å²) in [6, 6.07) is 0.239. The normalized spacial score (nSPS) is 26.0. The van der Waals surface area contributed by atoms with Crippen molar-refractivity contribution in [1.82, 2.24) is 20.1 Å². The van der Waals surface area contributed by atoms with Gasteiger partial charge >= 0.3 is 5.97 Å². The zero-order valence-electron chi connectivity index (χ0n) is 13.1. The number of carbonyl (C=O) groups is 1. The number of nitrogens with zero attached hydrogens (tertiary/aromatic N) is 3. The summed E-state index contributed by atoms with van der Waals surface area (Å²) < 4.78 is 6.97. The Kier molecular flexibility index (Phi) is 5.27. The molecule has 0 bridgehead atoms. The molecule has 0 aromatic carbocycles. The van der Waals surface area contributed by atoms with Gasteiger partial charge in [-0.2, -0.15) is 0 Å². The molecule has 1 heterocycles. The molecule has 0 aliphatic heterocycles. The smallest absolute Gasteiger partial charge is 0.326 e. The number of thioether (sulfide) groups is 1. The predicted molar refractivity (Wildman–Crippen MR) is 82.1 cm³/mol. The van der Waals surface area contributed by atoms with E-state index in [1.54, 1.807) is 18.1 Å². The van der Waals surface area contributed by atoms with E-state index in [-0.39, 0.29) is 12.0 Å². The first kappa shape index (κ1) is 16.3. The molecule has 0 spiro atoms. The highest BCUT2D eigenvalue weighted by Crippen LogP contribution is 2.38. The van der Waals surface area contributed by atoms with Crippen molar-refractivity contribution in [1.29, 1.82) is 0 Å². The maximum absolute atomic E-state index is 12.3. The van der Waals surface area contributed by atoms with Crippen molar-refractivity contribution in [2.24, 2.45) is 7.05 Å². The molecule has 0 amide bonds. The van der Waals surface area contributed by atoms with Gasteiger partial charge in [0.25, 0.3) is 0 Å². The Balaban J connectivity index is 2.12. The molecule has 1 aromatic heterocycles. The van der Waals surface area contributed by atoms with Crippen molar-refractivity contribution in [2.45, 2.75) is 61.5 Å². The number of esters is 1. The number of carbonyl (C=O) groups excluding carboxylic acids is 1. The van der Waals surface area contributed by atoms with Gasteiger partial charge in [0.2, 0.25) is 0 Å². The fraction of sp³-hybridized carbons (Fsp3) is 0.786. The lowest BCUT2D eigenvalue weighted by molar-refractivity contribution is -0.150. The van der Waals surface area contributed by atoms with E-state index in [1.807, 2.05) is 11.6 Å². The average Bonchev–Trinajstić information content (AvgIpc) is 2.83. The van der Waals surface area contributed by atoms with Gasteiger partial charge in [0, 0.05) is 18.3 Å². The number of ether oxygens (including phenoxy) is 1. The first-order chi connectivity index (χ1) is 9.97. The van der Waals surface area contributed by atoms with E-state index >= 15 is 0 Å². The lowest BCUT2D eigenvalue weighted by atomic mass is 9.81. The topological polar surface area (TPSA) is 69.0 Å². The Morgan fingerprint density at radius 2 is 2.38 bits per heavy atom. The van der Waals surface area contributed by atoms with Crippen LogP contribution in [-0.4, -0.2) is 44.7 Å². The summed E-state index contributed by atoms with van der Waals surface area (Å²) >= 11 is 1.70. The third-order valence-electron chi connectivity index (χ3n) is 3.79. The number of rotatable bonds is 5. The molecule has 1 aromatic rings. The second-order valence-corrected chi connectivity index (χ2v) is 7.20. The first-order valence-electron chi connectivity index (χ1n) is 7.33. The van der Waals surface area contributed by atoms with Crippen molar-refractivity contribution in [3.05, 3.63) is 6.33 Å². The van der Waals surface area contributed by atoms with Crippen molar-refractivity contribution in [3.63, 3.8) is 0 Å². The van der Waals surface area contributed by atoms with Crippen molar-refractivity contribution >= 4 is 17.7 Å². The van der Waals surface area contributed by atoms with Crippen LogP contribution < -0.4 is 5.32 Å². The molecule has 1 aliphatic rings. The lowest BCUT2D eigenvalue weighted by Crippen LogP contribution is -2.58. The summed E-state index contributed by atoms with van der Waals surface area (Å²) in [6.07, 6.45) is 5.37. The van der Waals surface area contributed by atoms with E-state index in [1.165, 1.54) is 7.11 Å². The molecule has 1 aliphatic carbocycles.